The van der Waals surface area contributed by atoms with Crippen LogP contribution in [-0.2, 0) is 19.1 Å². The van der Waals surface area contributed by atoms with Gasteiger partial charge in [0.05, 0.1) is 0 Å². The Morgan fingerprint density at radius 2 is 1.23 bits per heavy atom. The van der Waals surface area contributed by atoms with E-state index in [1.165, 1.54) is 0 Å². The predicted octanol–water partition coefficient (Wildman–Crippen LogP) is -1.38. The van der Waals surface area contributed by atoms with Crippen LogP contribution in [0, 0.1) is 5.92 Å². The molecule has 3 N–H and O–H groups in total. The molecular formula is C6H6O7. The third kappa shape index (κ3) is 1.45. The monoisotopic (exact) mass is 190 g/mol. The van der Waals surface area contributed by atoms with Crippen LogP contribution in [0.4, 0.5) is 0 Å². The second kappa shape index (κ2) is 3.02. The van der Waals surface area contributed by atoms with Gasteiger partial charge in [0.2, 0.25) is 0 Å². The standard InChI is InChI=1S/C6H6O7/c7-4(8)1-2(5(9)10)13-3(1)6(11)12/h1-3H,(H,7,8)(H,9,10)(H,11,12). The van der Waals surface area contributed by atoms with Crippen LogP contribution in [-0.4, -0.2) is 45.4 Å². The summed E-state index contributed by atoms with van der Waals surface area (Å²) in [6, 6.07) is 0. The van der Waals surface area contributed by atoms with Crippen molar-refractivity contribution in [2.24, 2.45) is 5.92 Å². The Hall–Kier alpha value is -1.63. The van der Waals surface area contributed by atoms with Gasteiger partial charge in [0, 0.05) is 0 Å². The molecule has 1 aliphatic heterocycles. The number of carbonyl (C=O) groups is 3. The minimum atomic E-state index is -1.56. The molecule has 1 saturated heterocycles. The van der Waals surface area contributed by atoms with Gasteiger partial charge in [-0.15, -0.1) is 0 Å². The molecule has 1 rings (SSSR count). The molecule has 0 amide bonds. The predicted molar refractivity (Wildman–Crippen MR) is 35.1 cm³/mol. The molecule has 0 aliphatic carbocycles. The van der Waals surface area contributed by atoms with Crippen molar-refractivity contribution in [1.29, 1.82) is 0 Å². The third-order valence-electron chi connectivity index (χ3n) is 1.72. The van der Waals surface area contributed by atoms with Crippen molar-refractivity contribution in [3.8, 4) is 0 Å². The van der Waals surface area contributed by atoms with Gasteiger partial charge < -0.3 is 20.1 Å². The first-order valence-electron chi connectivity index (χ1n) is 3.29. The summed E-state index contributed by atoms with van der Waals surface area (Å²) in [4.78, 5) is 31.0. The molecule has 2 unspecified atom stereocenters. The Labute approximate surface area is 71.5 Å². The summed E-state index contributed by atoms with van der Waals surface area (Å²) in [5.74, 6) is -5.92. The Morgan fingerprint density at radius 1 is 0.846 bits per heavy atom. The van der Waals surface area contributed by atoms with Crippen LogP contribution in [0.5, 0.6) is 0 Å². The van der Waals surface area contributed by atoms with Gasteiger partial charge in [-0.25, -0.2) is 9.59 Å². The smallest absolute Gasteiger partial charge is 0.333 e. The summed E-state index contributed by atoms with van der Waals surface area (Å²) in [7, 11) is 0. The lowest BCUT2D eigenvalue weighted by Gasteiger charge is -2.36. The molecule has 72 valence electrons. The largest absolute Gasteiger partial charge is 0.481 e. The SMILES string of the molecule is O=C(O)C1OC(C(=O)O)C1C(=O)O. The number of carboxylic acid groups (broad SMARTS) is 3. The molecule has 1 heterocycles. The van der Waals surface area contributed by atoms with Crippen LogP contribution in [0.1, 0.15) is 0 Å². The molecule has 1 fully saturated rings. The van der Waals surface area contributed by atoms with Crippen LogP contribution in [0.3, 0.4) is 0 Å². The second-order valence-corrected chi connectivity index (χ2v) is 2.52. The summed E-state index contributed by atoms with van der Waals surface area (Å²) in [6.45, 7) is 0. The maximum absolute atomic E-state index is 10.4. The molecule has 2 atom stereocenters. The van der Waals surface area contributed by atoms with E-state index in [1.807, 2.05) is 0 Å². The molecule has 7 nitrogen and oxygen atoms in total. The molecule has 13 heavy (non-hydrogen) atoms. The zero-order chi connectivity index (χ0) is 10.2. The van der Waals surface area contributed by atoms with Gasteiger partial charge in [-0.3, -0.25) is 4.79 Å². The summed E-state index contributed by atoms with van der Waals surface area (Å²) in [6.07, 6.45) is -3.11. The van der Waals surface area contributed by atoms with E-state index in [1.54, 1.807) is 0 Å². The van der Waals surface area contributed by atoms with Crippen LogP contribution >= 0.6 is 0 Å². The zero-order valence-electron chi connectivity index (χ0n) is 6.21. The fourth-order valence-corrected chi connectivity index (χ4v) is 1.08. The van der Waals surface area contributed by atoms with Gasteiger partial charge in [-0.05, 0) is 0 Å². The first-order chi connectivity index (χ1) is 5.95. The lowest BCUT2D eigenvalue weighted by Crippen LogP contribution is -2.59. The summed E-state index contributed by atoms with van der Waals surface area (Å²) in [5, 5.41) is 25.2. The second-order valence-electron chi connectivity index (χ2n) is 2.52. The van der Waals surface area contributed by atoms with E-state index in [-0.39, 0.29) is 0 Å². The lowest BCUT2D eigenvalue weighted by molar-refractivity contribution is -0.221. The molecule has 7 heteroatoms. The Morgan fingerprint density at radius 3 is 1.46 bits per heavy atom. The van der Waals surface area contributed by atoms with Gasteiger partial charge in [0.25, 0.3) is 0 Å². The highest BCUT2D eigenvalue weighted by Crippen LogP contribution is 2.29. The minimum absolute atomic E-state index is 1.47. The van der Waals surface area contributed by atoms with E-state index >= 15 is 0 Å². The first kappa shape index (κ1) is 9.46. The Bertz CT molecular complexity index is 250. The molecule has 0 aromatic rings. The average molecular weight is 190 g/mol. The van der Waals surface area contributed by atoms with Crippen molar-refractivity contribution in [3.05, 3.63) is 0 Å². The third-order valence-corrected chi connectivity index (χ3v) is 1.72. The van der Waals surface area contributed by atoms with Gasteiger partial charge >= 0.3 is 17.9 Å². The van der Waals surface area contributed by atoms with Crippen LogP contribution in [0.15, 0.2) is 0 Å². The normalized spacial score (nSPS) is 31.8. The number of aliphatic carboxylic acids is 3. The minimum Gasteiger partial charge on any atom is -0.481 e. The van der Waals surface area contributed by atoms with Gasteiger partial charge in [0.1, 0.15) is 5.92 Å². The van der Waals surface area contributed by atoms with Gasteiger partial charge in [-0.1, -0.05) is 0 Å². The van der Waals surface area contributed by atoms with Gasteiger partial charge in [0.15, 0.2) is 12.2 Å². The van der Waals surface area contributed by atoms with E-state index in [0.717, 1.165) is 0 Å². The fourth-order valence-electron chi connectivity index (χ4n) is 1.08. The van der Waals surface area contributed by atoms with Crippen LogP contribution < -0.4 is 0 Å². The van der Waals surface area contributed by atoms with Crippen molar-refractivity contribution in [2.45, 2.75) is 12.2 Å². The van der Waals surface area contributed by atoms with Crippen molar-refractivity contribution in [2.75, 3.05) is 0 Å². The number of carboxylic acids is 3. The number of hydrogen-bond donors (Lipinski definition) is 3. The van der Waals surface area contributed by atoms with Crippen molar-refractivity contribution in [1.82, 2.24) is 0 Å². The lowest BCUT2D eigenvalue weighted by atomic mass is 9.89. The fraction of sp³-hybridized carbons (Fsp3) is 0.500. The van der Waals surface area contributed by atoms with E-state index < -0.39 is 36.0 Å². The Kier molecular flexibility index (Phi) is 2.20. The first-order valence-corrected chi connectivity index (χ1v) is 3.29. The van der Waals surface area contributed by atoms with Crippen molar-refractivity contribution < 1.29 is 34.4 Å². The highest BCUT2D eigenvalue weighted by molar-refractivity contribution is 5.90. The highest BCUT2D eigenvalue weighted by Gasteiger charge is 2.55. The van der Waals surface area contributed by atoms with Crippen molar-refractivity contribution in [3.63, 3.8) is 0 Å². The van der Waals surface area contributed by atoms with Crippen LogP contribution in [0.25, 0.3) is 0 Å². The molecule has 0 spiro atoms. The average Bonchev–Trinajstić information content (AvgIpc) is 1.79. The maximum Gasteiger partial charge on any atom is 0.333 e. The summed E-state index contributed by atoms with van der Waals surface area (Å²) in [5.41, 5.74) is 0. The molecule has 0 aromatic heterocycles. The summed E-state index contributed by atoms with van der Waals surface area (Å²) >= 11 is 0. The Balaban J connectivity index is 2.74. The maximum atomic E-state index is 10.4. The molecular weight excluding hydrogens is 184 g/mol. The van der Waals surface area contributed by atoms with Gasteiger partial charge in [-0.2, -0.15) is 0 Å². The quantitative estimate of drug-likeness (QED) is 0.501. The highest BCUT2D eigenvalue weighted by atomic mass is 16.6. The number of ether oxygens (including phenoxy) is 1. The van der Waals surface area contributed by atoms with E-state index in [9.17, 15) is 14.4 Å². The zero-order valence-corrected chi connectivity index (χ0v) is 6.21. The molecule has 0 bridgehead atoms. The number of hydrogen-bond acceptors (Lipinski definition) is 4. The van der Waals surface area contributed by atoms with E-state index in [2.05, 4.69) is 4.74 Å². The molecule has 0 radical (unpaired) electrons. The topological polar surface area (TPSA) is 121 Å². The number of rotatable bonds is 3. The van der Waals surface area contributed by atoms with E-state index in [4.69, 9.17) is 15.3 Å². The van der Waals surface area contributed by atoms with E-state index in [0.29, 0.717) is 0 Å². The van der Waals surface area contributed by atoms with Crippen LogP contribution in [0.2, 0.25) is 0 Å². The molecule has 1 aliphatic rings. The van der Waals surface area contributed by atoms with Crippen molar-refractivity contribution >= 4 is 17.9 Å². The molecule has 0 aromatic carbocycles. The summed E-state index contributed by atoms with van der Waals surface area (Å²) < 4.78 is 4.36. The molecule has 0 saturated carbocycles.